The largest absolute Gasteiger partial charge is 0.377 e. The summed E-state index contributed by atoms with van der Waals surface area (Å²) >= 11 is 0. The second-order valence-corrected chi connectivity index (χ2v) is 8.07. The first-order chi connectivity index (χ1) is 10.7. The van der Waals surface area contributed by atoms with Gasteiger partial charge in [-0.3, -0.25) is 9.59 Å². The standard InChI is InChI=1S/C18H34N2O3/c1-13(2)8-9-15(21)20-12-16(22)19-11-14-7-6-10-23-17(14)18(3,4)5/h13-14,17H,6-12H2,1-5H3,(H,19,22)(H,20,21)/t14-,17+/m0/s1. The molecule has 2 atom stereocenters. The number of carbonyl (C=O) groups excluding carboxylic acids is 2. The summed E-state index contributed by atoms with van der Waals surface area (Å²) in [6.07, 6.45) is 3.60. The number of nitrogens with one attached hydrogen (secondary N) is 2. The van der Waals surface area contributed by atoms with E-state index in [2.05, 4.69) is 45.3 Å². The highest BCUT2D eigenvalue weighted by Gasteiger charge is 2.35. The molecule has 2 amide bonds. The Kier molecular flexibility index (Phi) is 8.03. The van der Waals surface area contributed by atoms with E-state index in [1.54, 1.807) is 0 Å². The smallest absolute Gasteiger partial charge is 0.239 e. The molecule has 5 heteroatoms. The van der Waals surface area contributed by atoms with E-state index in [0.717, 1.165) is 25.9 Å². The Labute approximate surface area is 140 Å². The van der Waals surface area contributed by atoms with Gasteiger partial charge in [-0.15, -0.1) is 0 Å². The molecule has 0 aromatic carbocycles. The minimum atomic E-state index is -0.124. The van der Waals surface area contributed by atoms with Crippen LogP contribution in [0.1, 0.15) is 60.3 Å². The van der Waals surface area contributed by atoms with E-state index in [4.69, 9.17) is 4.74 Å². The molecule has 134 valence electrons. The fourth-order valence-corrected chi connectivity index (χ4v) is 3.00. The van der Waals surface area contributed by atoms with Crippen molar-refractivity contribution in [2.75, 3.05) is 19.7 Å². The monoisotopic (exact) mass is 326 g/mol. The van der Waals surface area contributed by atoms with Crippen molar-refractivity contribution in [3.63, 3.8) is 0 Å². The molecule has 0 aliphatic carbocycles. The Morgan fingerprint density at radius 3 is 2.48 bits per heavy atom. The van der Waals surface area contributed by atoms with Crippen LogP contribution in [0.25, 0.3) is 0 Å². The van der Waals surface area contributed by atoms with Gasteiger partial charge in [0.1, 0.15) is 0 Å². The normalized spacial score (nSPS) is 22.0. The summed E-state index contributed by atoms with van der Waals surface area (Å²) in [6.45, 7) is 12.2. The third-order valence-corrected chi connectivity index (χ3v) is 4.25. The lowest BCUT2D eigenvalue weighted by atomic mass is 9.78. The van der Waals surface area contributed by atoms with Crippen molar-refractivity contribution in [3.05, 3.63) is 0 Å². The van der Waals surface area contributed by atoms with Gasteiger partial charge in [-0.05, 0) is 30.6 Å². The summed E-state index contributed by atoms with van der Waals surface area (Å²) in [4.78, 5) is 23.5. The van der Waals surface area contributed by atoms with Crippen molar-refractivity contribution < 1.29 is 14.3 Å². The van der Waals surface area contributed by atoms with Crippen molar-refractivity contribution in [2.45, 2.75) is 66.4 Å². The molecule has 0 bridgehead atoms. The van der Waals surface area contributed by atoms with Crippen LogP contribution in [0.15, 0.2) is 0 Å². The zero-order valence-corrected chi connectivity index (χ0v) is 15.4. The van der Waals surface area contributed by atoms with E-state index in [1.165, 1.54) is 0 Å². The molecule has 1 aliphatic rings. The van der Waals surface area contributed by atoms with Crippen molar-refractivity contribution in [1.29, 1.82) is 0 Å². The highest BCUT2D eigenvalue weighted by molar-refractivity contribution is 5.84. The number of ether oxygens (including phenoxy) is 1. The molecule has 0 aromatic heterocycles. The van der Waals surface area contributed by atoms with Crippen LogP contribution in [-0.2, 0) is 14.3 Å². The first-order valence-electron chi connectivity index (χ1n) is 8.85. The fourth-order valence-electron chi connectivity index (χ4n) is 3.00. The van der Waals surface area contributed by atoms with E-state index < -0.39 is 0 Å². The van der Waals surface area contributed by atoms with Gasteiger partial charge >= 0.3 is 0 Å². The molecule has 0 unspecified atom stereocenters. The van der Waals surface area contributed by atoms with Crippen LogP contribution in [-0.4, -0.2) is 37.6 Å². The quantitative estimate of drug-likeness (QED) is 0.755. The van der Waals surface area contributed by atoms with Crippen LogP contribution in [0.3, 0.4) is 0 Å². The summed E-state index contributed by atoms with van der Waals surface area (Å²) in [7, 11) is 0. The molecule has 1 heterocycles. The van der Waals surface area contributed by atoms with Crippen LogP contribution in [0.2, 0.25) is 0 Å². The molecule has 5 nitrogen and oxygen atoms in total. The molecule has 1 saturated heterocycles. The molecular weight excluding hydrogens is 292 g/mol. The molecule has 0 spiro atoms. The van der Waals surface area contributed by atoms with Crippen LogP contribution in [0.5, 0.6) is 0 Å². The second kappa shape index (κ2) is 9.26. The molecule has 23 heavy (non-hydrogen) atoms. The van der Waals surface area contributed by atoms with Gasteiger partial charge in [-0.25, -0.2) is 0 Å². The second-order valence-electron chi connectivity index (χ2n) is 8.07. The van der Waals surface area contributed by atoms with Crippen LogP contribution < -0.4 is 10.6 Å². The maximum atomic E-state index is 11.9. The third-order valence-electron chi connectivity index (χ3n) is 4.25. The van der Waals surface area contributed by atoms with E-state index in [-0.39, 0.29) is 29.9 Å². The topological polar surface area (TPSA) is 67.4 Å². The Bertz CT molecular complexity index is 388. The van der Waals surface area contributed by atoms with Crippen LogP contribution in [0.4, 0.5) is 0 Å². The van der Waals surface area contributed by atoms with Gasteiger partial charge < -0.3 is 15.4 Å². The minimum absolute atomic E-state index is 0.0533. The highest BCUT2D eigenvalue weighted by Crippen LogP contribution is 2.33. The number of rotatable bonds is 7. The van der Waals surface area contributed by atoms with Crippen molar-refractivity contribution >= 4 is 11.8 Å². The summed E-state index contributed by atoms with van der Waals surface area (Å²) in [5.74, 6) is 0.656. The third kappa shape index (κ3) is 7.82. The lowest BCUT2D eigenvalue weighted by Gasteiger charge is -2.40. The SMILES string of the molecule is CC(C)CCC(=O)NCC(=O)NC[C@@H]1CCCO[C@H]1C(C)(C)C. The number of carbonyl (C=O) groups is 2. The number of amides is 2. The van der Waals surface area contributed by atoms with E-state index in [1.807, 2.05) is 0 Å². The Morgan fingerprint density at radius 2 is 1.87 bits per heavy atom. The van der Waals surface area contributed by atoms with E-state index >= 15 is 0 Å². The van der Waals surface area contributed by atoms with Gasteiger partial charge in [0.05, 0.1) is 12.6 Å². The first-order valence-corrected chi connectivity index (χ1v) is 8.85. The Balaban J connectivity index is 2.30. The van der Waals surface area contributed by atoms with Crippen molar-refractivity contribution in [2.24, 2.45) is 17.3 Å². The highest BCUT2D eigenvalue weighted by atomic mass is 16.5. The maximum Gasteiger partial charge on any atom is 0.239 e. The molecule has 0 aromatic rings. The van der Waals surface area contributed by atoms with Gasteiger partial charge in [-0.1, -0.05) is 34.6 Å². The molecule has 0 saturated carbocycles. The van der Waals surface area contributed by atoms with E-state index in [0.29, 0.717) is 24.8 Å². The number of hydrogen-bond acceptors (Lipinski definition) is 3. The fraction of sp³-hybridized carbons (Fsp3) is 0.889. The number of hydrogen-bond donors (Lipinski definition) is 2. The Morgan fingerprint density at radius 1 is 1.17 bits per heavy atom. The van der Waals surface area contributed by atoms with E-state index in [9.17, 15) is 9.59 Å². The molecule has 1 fully saturated rings. The summed E-state index contributed by atoms with van der Waals surface area (Å²) in [5, 5.41) is 5.63. The predicted molar refractivity (Wildman–Crippen MR) is 92.0 cm³/mol. The van der Waals surface area contributed by atoms with Gasteiger partial charge in [0.25, 0.3) is 0 Å². The predicted octanol–water partition coefficient (Wildman–Crippen LogP) is 2.50. The average Bonchev–Trinajstić information content (AvgIpc) is 2.48. The molecular formula is C18H34N2O3. The maximum absolute atomic E-state index is 11.9. The van der Waals surface area contributed by atoms with Crippen molar-refractivity contribution in [3.8, 4) is 0 Å². The first kappa shape index (κ1) is 19.9. The van der Waals surface area contributed by atoms with Gasteiger partial charge in [-0.2, -0.15) is 0 Å². The summed E-state index contributed by atoms with van der Waals surface area (Å²) in [6, 6.07) is 0. The molecule has 1 rings (SSSR count). The zero-order valence-electron chi connectivity index (χ0n) is 15.4. The average molecular weight is 326 g/mol. The molecule has 0 radical (unpaired) electrons. The van der Waals surface area contributed by atoms with Gasteiger partial charge in [0.2, 0.25) is 11.8 Å². The molecule has 1 aliphatic heterocycles. The minimum Gasteiger partial charge on any atom is -0.377 e. The van der Waals surface area contributed by atoms with Gasteiger partial charge in [0.15, 0.2) is 0 Å². The summed E-state index contributed by atoms with van der Waals surface area (Å²) in [5.41, 5.74) is 0.0703. The van der Waals surface area contributed by atoms with Crippen molar-refractivity contribution in [1.82, 2.24) is 10.6 Å². The Hall–Kier alpha value is -1.10. The lowest BCUT2D eigenvalue weighted by molar-refractivity contribution is -0.127. The molecule has 2 N–H and O–H groups in total. The van der Waals surface area contributed by atoms with Gasteiger partial charge in [0, 0.05) is 25.5 Å². The lowest BCUT2D eigenvalue weighted by Crippen LogP contribution is -2.46. The zero-order chi connectivity index (χ0) is 17.5. The van der Waals surface area contributed by atoms with Crippen LogP contribution in [0, 0.1) is 17.3 Å². The summed E-state index contributed by atoms with van der Waals surface area (Å²) < 4.78 is 5.92. The van der Waals surface area contributed by atoms with Crippen LogP contribution >= 0.6 is 0 Å².